The second-order valence-electron chi connectivity index (χ2n) is 4.40. The molecule has 0 fully saturated rings. The van der Waals surface area contributed by atoms with E-state index in [4.69, 9.17) is 15.2 Å². The molecular formula is C13H24N4O3S. The first-order valence-electron chi connectivity index (χ1n) is 6.91. The number of hydrogen-bond donors (Lipinski definition) is 2. The quantitative estimate of drug-likeness (QED) is 0.632. The Balaban J connectivity index is 2.77. The number of thiazole rings is 1. The van der Waals surface area contributed by atoms with E-state index in [1.807, 2.05) is 6.92 Å². The van der Waals surface area contributed by atoms with Crippen molar-refractivity contribution in [1.82, 2.24) is 9.88 Å². The van der Waals surface area contributed by atoms with Gasteiger partial charge in [0, 0.05) is 40.5 Å². The molecular weight excluding hydrogens is 292 g/mol. The highest BCUT2D eigenvalue weighted by Gasteiger charge is 2.21. The van der Waals surface area contributed by atoms with Gasteiger partial charge in [0.2, 0.25) is 0 Å². The van der Waals surface area contributed by atoms with Crippen molar-refractivity contribution in [2.45, 2.75) is 13.3 Å². The summed E-state index contributed by atoms with van der Waals surface area (Å²) >= 11 is 1.28. The summed E-state index contributed by atoms with van der Waals surface area (Å²) < 4.78 is 10.1. The summed E-state index contributed by atoms with van der Waals surface area (Å²) in [5, 5.41) is 3.74. The van der Waals surface area contributed by atoms with Gasteiger partial charge in [0.1, 0.15) is 10.7 Å². The molecule has 0 bridgehead atoms. The van der Waals surface area contributed by atoms with Gasteiger partial charge >= 0.3 is 0 Å². The molecule has 0 aliphatic heterocycles. The molecule has 21 heavy (non-hydrogen) atoms. The molecule has 1 heterocycles. The van der Waals surface area contributed by atoms with Gasteiger partial charge in [-0.3, -0.25) is 4.79 Å². The fourth-order valence-electron chi connectivity index (χ4n) is 1.77. The summed E-state index contributed by atoms with van der Waals surface area (Å²) in [6.07, 6.45) is 0.769. The molecule has 0 saturated carbocycles. The minimum absolute atomic E-state index is 0.109. The predicted molar refractivity (Wildman–Crippen MR) is 85.0 cm³/mol. The number of methoxy groups -OCH3 is 2. The van der Waals surface area contributed by atoms with E-state index in [2.05, 4.69) is 10.3 Å². The van der Waals surface area contributed by atoms with E-state index < -0.39 is 0 Å². The van der Waals surface area contributed by atoms with Gasteiger partial charge in [-0.2, -0.15) is 0 Å². The fraction of sp³-hybridized carbons (Fsp3) is 0.692. The highest BCUT2D eigenvalue weighted by atomic mass is 32.1. The van der Waals surface area contributed by atoms with Crippen molar-refractivity contribution in [2.75, 3.05) is 58.1 Å². The molecule has 8 heteroatoms. The van der Waals surface area contributed by atoms with Crippen LogP contribution in [0.4, 0.5) is 10.9 Å². The normalized spacial score (nSPS) is 10.6. The lowest BCUT2D eigenvalue weighted by Gasteiger charge is -2.21. The molecule has 3 N–H and O–H groups in total. The number of anilines is 2. The van der Waals surface area contributed by atoms with E-state index in [9.17, 15) is 4.79 Å². The molecule has 0 saturated heterocycles. The topological polar surface area (TPSA) is 89.7 Å². The van der Waals surface area contributed by atoms with E-state index in [1.165, 1.54) is 11.3 Å². The van der Waals surface area contributed by atoms with Gasteiger partial charge in [-0.05, 0) is 13.3 Å². The molecule has 0 spiro atoms. The van der Waals surface area contributed by atoms with Crippen molar-refractivity contribution >= 4 is 28.2 Å². The molecule has 1 amide bonds. The van der Waals surface area contributed by atoms with Crippen LogP contribution >= 0.6 is 11.3 Å². The molecule has 0 aromatic carbocycles. The summed E-state index contributed by atoms with van der Waals surface area (Å²) in [5.74, 6) is 0.164. The fourth-order valence-corrected chi connectivity index (χ4v) is 2.69. The zero-order chi connectivity index (χ0) is 15.7. The Morgan fingerprint density at radius 2 is 2.05 bits per heavy atom. The van der Waals surface area contributed by atoms with Crippen molar-refractivity contribution < 1.29 is 14.3 Å². The molecule has 0 unspecified atom stereocenters. The largest absolute Gasteiger partial charge is 0.385 e. The number of hydrogen-bond acceptors (Lipinski definition) is 7. The molecule has 1 aromatic heterocycles. The Labute approximate surface area is 129 Å². The average Bonchev–Trinajstić information content (AvgIpc) is 2.83. The smallest absolute Gasteiger partial charge is 0.267 e. The van der Waals surface area contributed by atoms with Gasteiger partial charge in [0.15, 0.2) is 5.13 Å². The third kappa shape index (κ3) is 5.49. The van der Waals surface area contributed by atoms with Gasteiger partial charge in [0.25, 0.3) is 5.91 Å². The lowest BCUT2D eigenvalue weighted by molar-refractivity contribution is 0.0679. The maximum absolute atomic E-state index is 12.6. The first kappa shape index (κ1) is 17.7. The highest BCUT2D eigenvalue weighted by molar-refractivity contribution is 7.18. The van der Waals surface area contributed by atoms with Crippen LogP contribution in [-0.2, 0) is 9.47 Å². The van der Waals surface area contributed by atoms with Gasteiger partial charge < -0.3 is 25.4 Å². The molecule has 1 aromatic rings. The van der Waals surface area contributed by atoms with Crippen LogP contribution in [0.3, 0.4) is 0 Å². The third-order valence-electron chi connectivity index (χ3n) is 2.80. The van der Waals surface area contributed by atoms with E-state index >= 15 is 0 Å². The third-order valence-corrected chi connectivity index (χ3v) is 3.82. The van der Waals surface area contributed by atoms with Gasteiger partial charge in [-0.1, -0.05) is 11.3 Å². The van der Waals surface area contributed by atoms with Gasteiger partial charge in [0.05, 0.1) is 6.61 Å². The van der Waals surface area contributed by atoms with E-state index in [0.29, 0.717) is 36.3 Å². The number of nitrogens with two attached hydrogens (primary N) is 1. The minimum Gasteiger partial charge on any atom is -0.385 e. The highest BCUT2D eigenvalue weighted by Crippen LogP contribution is 2.26. The van der Waals surface area contributed by atoms with Crippen LogP contribution in [0.2, 0.25) is 0 Å². The van der Waals surface area contributed by atoms with Gasteiger partial charge in [-0.25, -0.2) is 4.98 Å². The van der Waals surface area contributed by atoms with Crippen LogP contribution in [0, 0.1) is 0 Å². The maximum atomic E-state index is 12.6. The average molecular weight is 316 g/mol. The zero-order valence-electron chi connectivity index (χ0n) is 12.8. The summed E-state index contributed by atoms with van der Waals surface area (Å²) in [7, 11) is 3.26. The minimum atomic E-state index is -0.109. The number of carbonyl (C=O) groups excluding carboxylic acids is 1. The van der Waals surface area contributed by atoms with Crippen LogP contribution in [0.1, 0.15) is 23.0 Å². The molecule has 7 nitrogen and oxygen atoms in total. The Morgan fingerprint density at radius 1 is 1.33 bits per heavy atom. The van der Waals surface area contributed by atoms with Crippen molar-refractivity contribution in [3.63, 3.8) is 0 Å². The SMILES string of the molecule is CCNc1nc(N)c(C(=O)N(CCCOC)CCOC)s1. The maximum Gasteiger partial charge on any atom is 0.267 e. The number of aromatic nitrogens is 1. The van der Waals surface area contributed by atoms with Crippen molar-refractivity contribution in [2.24, 2.45) is 0 Å². The zero-order valence-corrected chi connectivity index (χ0v) is 13.7. The van der Waals surface area contributed by atoms with Crippen LogP contribution in [0.25, 0.3) is 0 Å². The first-order chi connectivity index (χ1) is 10.1. The number of carbonyl (C=O) groups is 1. The molecule has 120 valence electrons. The lowest BCUT2D eigenvalue weighted by atomic mass is 10.3. The number of nitrogens with one attached hydrogen (secondary N) is 1. The Hall–Kier alpha value is -1.38. The Bertz CT molecular complexity index is 439. The first-order valence-corrected chi connectivity index (χ1v) is 7.73. The van der Waals surface area contributed by atoms with Gasteiger partial charge in [-0.15, -0.1) is 0 Å². The van der Waals surface area contributed by atoms with Crippen LogP contribution in [0.5, 0.6) is 0 Å². The number of rotatable bonds is 10. The number of nitrogen functional groups attached to an aromatic ring is 1. The molecule has 0 atom stereocenters. The van der Waals surface area contributed by atoms with Crippen molar-refractivity contribution in [3.8, 4) is 0 Å². The number of ether oxygens (including phenoxy) is 2. The predicted octanol–water partition coefficient (Wildman–Crippen LogP) is 1.28. The molecule has 0 aliphatic carbocycles. The summed E-state index contributed by atoms with van der Waals surface area (Å²) in [5.41, 5.74) is 5.85. The molecule has 1 rings (SSSR count). The van der Waals surface area contributed by atoms with E-state index in [-0.39, 0.29) is 11.7 Å². The molecule has 0 aliphatic rings. The summed E-state index contributed by atoms with van der Waals surface area (Å²) in [4.78, 5) is 18.9. The van der Waals surface area contributed by atoms with Crippen LogP contribution < -0.4 is 11.1 Å². The van der Waals surface area contributed by atoms with Crippen molar-refractivity contribution in [3.05, 3.63) is 4.88 Å². The summed E-state index contributed by atoms with van der Waals surface area (Å²) in [6.45, 7) is 4.92. The van der Waals surface area contributed by atoms with E-state index in [1.54, 1.807) is 19.1 Å². The van der Waals surface area contributed by atoms with Crippen LogP contribution in [0.15, 0.2) is 0 Å². The number of nitrogens with zero attached hydrogens (tertiary/aromatic N) is 2. The second kappa shape index (κ2) is 9.54. The lowest BCUT2D eigenvalue weighted by Crippen LogP contribution is -2.35. The standard InChI is InChI=1S/C13H24N4O3S/c1-4-15-13-16-11(14)10(21-13)12(18)17(7-9-20-3)6-5-8-19-2/h4-9,14H2,1-3H3,(H,15,16). The van der Waals surface area contributed by atoms with Crippen LogP contribution in [-0.4, -0.2) is 62.9 Å². The Kier molecular flexibility index (Phi) is 8.03. The Morgan fingerprint density at radius 3 is 2.67 bits per heavy atom. The monoisotopic (exact) mass is 316 g/mol. The van der Waals surface area contributed by atoms with Crippen molar-refractivity contribution in [1.29, 1.82) is 0 Å². The van der Waals surface area contributed by atoms with E-state index in [0.717, 1.165) is 13.0 Å². The second-order valence-corrected chi connectivity index (χ2v) is 5.39. The molecule has 0 radical (unpaired) electrons. The summed E-state index contributed by atoms with van der Waals surface area (Å²) in [6, 6.07) is 0. The number of amides is 1.